The summed E-state index contributed by atoms with van der Waals surface area (Å²) in [6, 6.07) is 4.18. The molecule has 20 heavy (non-hydrogen) atoms. The average Bonchev–Trinajstić information content (AvgIpc) is 2.34. The number of rotatable bonds is 5. The van der Waals surface area contributed by atoms with Gasteiger partial charge in [-0.05, 0) is 6.92 Å². The van der Waals surface area contributed by atoms with Crippen LogP contribution < -0.4 is 4.74 Å². The molecule has 0 amide bonds. The van der Waals surface area contributed by atoms with E-state index in [0.29, 0.717) is 12.4 Å². The molecule has 1 aromatic carbocycles. The Kier molecular flexibility index (Phi) is 4.81. The highest BCUT2D eigenvalue weighted by atomic mass is 35.5. The number of aromatic nitrogens is 2. The summed E-state index contributed by atoms with van der Waals surface area (Å²) in [5.41, 5.74) is 0. The zero-order valence-electron chi connectivity index (χ0n) is 10.6. The lowest BCUT2D eigenvalue weighted by atomic mass is 10.3. The third kappa shape index (κ3) is 4.11. The van der Waals surface area contributed by atoms with E-state index in [0.717, 1.165) is 18.2 Å². The second-order valence-corrected chi connectivity index (χ2v) is 4.18. The number of halogens is 3. The third-order valence-electron chi connectivity index (χ3n) is 2.21. The van der Waals surface area contributed by atoms with Crippen molar-refractivity contribution < 1.29 is 18.3 Å². The Labute approximate surface area is 119 Å². The van der Waals surface area contributed by atoms with E-state index in [9.17, 15) is 8.78 Å². The molecule has 0 saturated heterocycles. The van der Waals surface area contributed by atoms with Crippen LogP contribution in [0.2, 0.25) is 5.15 Å². The summed E-state index contributed by atoms with van der Waals surface area (Å²) in [5.74, 6) is -1.08. The normalized spacial score (nSPS) is 10.6. The zero-order chi connectivity index (χ0) is 14.5. The summed E-state index contributed by atoms with van der Waals surface area (Å²) in [4.78, 5) is 7.99. The number of benzene rings is 1. The Bertz CT molecular complexity index is 591. The molecule has 0 radical (unpaired) electrons. The van der Waals surface area contributed by atoms with Gasteiger partial charge < -0.3 is 9.47 Å². The van der Waals surface area contributed by atoms with Crippen LogP contribution in [0.4, 0.5) is 8.78 Å². The summed E-state index contributed by atoms with van der Waals surface area (Å²) in [6.45, 7) is 2.50. The number of ether oxygens (including phenoxy) is 2. The molecule has 106 valence electrons. The Morgan fingerprint density at radius 1 is 1.10 bits per heavy atom. The summed E-state index contributed by atoms with van der Waals surface area (Å²) in [6.07, 6.45) is 0. The Morgan fingerprint density at radius 2 is 1.80 bits per heavy atom. The minimum Gasteiger partial charge on any atom is -0.439 e. The van der Waals surface area contributed by atoms with Crippen LogP contribution in [-0.2, 0) is 11.3 Å². The maximum atomic E-state index is 13.1. The van der Waals surface area contributed by atoms with Gasteiger partial charge in [0.2, 0.25) is 5.88 Å². The number of nitrogens with zero attached hydrogens (tertiary/aromatic N) is 2. The van der Waals surface area contributed by atoms with E-state index in [1.807, 2.05) is 6.92 Å². The maximum absolute atomic E-state index is 13.1. The van der Waals surface area contributed by atoms with Crippen molar-refractivity contribution in [3.05, 3.63) is 46.9 Å². The monoisotopic (exact) mass is 300 g/mol. The van der Waals surface area contributed by atoms with Gasteiger partial charge in [0, 0.05) is 30.9 Å². The van der Waals surface area contributed by atoms with Crippen LogP contribution in [0.15, 0.2) is 24.3 Å². The van der Waals surface area contributed by atoms with Crippen molar-refractivity contribution in [2.45, 2.75) is 13.5 Å². The molecule has 0 fully saturated rings. The van der Waals surface area contributed by atoms with E-state index in [-0.39, 0.29) is 23.4 Å². The largest absolute Gasteiger partial charge is 0.439 e. The molecule has 0 unspecified atom stereocenters. The first-order valence-electron chi connectivity index (χ1n) is 5.82. The molecular weight excluding hydrogens is 290 g/mol. The van der Waals surface area contributed by atoms with Gasteiger partial charge in [0.25, 0.3) is 0 Å². The van der Waals surface area contributed by atoms with E-state index in [2.05, 4.69) is 9.97 Å². The highest BCUT2D eigenvalue weighted by molar-refractivity contribution is 6.29. The fraction of sp³-hybridized carbons (Fsp3) is 0.231. The van der Waals surface area contributed by atoms with E-state index < -0.39 is 11.6 Å². The highest BCUT2D eigenvalue weighted by Gasteiger charge is 2.08. The minimum absolute atomic E-state index is 0.0142. The molecule has 2 aromatic rings. The van der Waals surface area contributed by atoms with Crippen LogP contribution in [0.1, 0.15) is 12.7 Å². The van der Waals surface area contributed by atoms with E-state index in [4.69, 9.17) is 21.1 Å². The molecule has 0 aliphatic heterocycles. The predicted octanol–water partition coefficient (Wildman–Crippen LogP) is 3.74. The molecule has 1 heterocycles. The number of hydrogen-bond acceptors (Lipinski definition) is 4. The minimum atomic E-state index is -0.741. The van der Waals surface area contributed by atoms with Gasteiger partial charge >= 0.3 is 0 Å². The van der Waals surface area contributed by atoms with Crippen molar-refractivity contribution in [2.75, 3.05) is 6.61 Å². The van der Waals surface area contributed by atoms with E-state index in [1.54, 1.807) is 0 Å². The topological polar surface area (TPSA) is 44.2 Å². The van der Waals surface area contributed by atoms with Crippen LogP contribution in [0.5, 0.6) is 11.6 Å². The molecule has 2 rings (SSSR count). The number of hydrogen-bond donors (Lipinski definition) is 0. The highest BCUT2D eigenvalue weighted by Crippen LogP contribution is 2.23. The van der Waals surface area contributed by atoms with Crippen molar-refractivity contribution in [2.24, 2.45) is 0 Å². The molecule has 7 heteroatoms. The van der Waals surface area contributed by atoms with E-state index in [1.165, 1.54) is 6.07 Å². The molecule has 0 saturated carbocycles. The van der Waals surface area contributed by atoms with Crippen molar-refractivity contribution in [1.82, 2.24) is 9.97 Å². The van der Waals surface area contributed by atoms with Gasteiger partial charge in [-0.1, -0.05) is 11.6 Å². The molecule has 0 bridgehead atoms. The SMILES string of the molecule is CCOCc1nc(Cl)cc(Oc2cc(F)cc(F)c2)n1. The molecule has 1 aromatic heterocycles. The lowest BCUT2D eigenvalue weighted by Crippen LogP contribution is -2.01. The smallest absolute Gasteiger partial charge is 0.224 e. The fourth-order valence-electron chi connectivity index (χ4n) is 1.46. The second kappa shape index (κ2) is 6.58. The summed E-state index contributed by atoms with van der Waals surface area (Å²) >= 11 is 5.82. The van der Waals surface area contributed by atoms with Crippen LogP contribution in [-0.4, -0.2) is 16.6 Å². The second-order valence-electron chi connectivity index (χ2n) is 3.79. The fourth-order valence-corrected chi connectivity index (χ4v) is 1.65. The predicted molar refractivity (Wildman–Crippen MR) is 68.8 cm³/mol. The van der Waals surface area contributed by atoms with Crippen LogP contribution in [0.25, 0.3) is 0 Å². The summed E-state index contributed by atoms with van der Waals surface area (Å²) in [7, 11) is 0. The molecular formula is C13H11ClF2N2O2. The van der Waals surface area contributed by atoms with Crippen molar-refractivity contribution >= 4 is 11.6 Å². The summed E-state index contributed by atoms with van der Waals surface area (Å²) < 4.78 is 36.5. The molecule has 4 nitrogen and oxygen atoms in total. The first-order chi connectivity index (χ1) is 9.56. The lowest BCUT2D eigenvalue weighted by molar-refractivity contribution is 0.128. The van der Waals surface area contributed by atoms with Gasteiger partial charge in [-0.3, -0.25) is 0 Å². The molecule has 0 atom stereocenters. The molecule has 0 N–H and O–H groups in total. The molecule has 0 spiro atoms. The first-order valence-corrected chi connectivity index (χ1v) is 6.19. The van der Waals surface area contributed by atoms with Crippen molar-refractivity contribution in [3.8, 4) is 11.6 Å². The van der Waals surface area contributed by atoms with Gasteiger partial charge in [0.1, 0.15) is 29.1 Å². The van der Waals surface area contributed by atoms with Crippen molar-refractivity contribution in [3.63, 3.8) is 0 Å². The molecule has 0 aliphatic rings. The lowest BCUT2D eigenvalue weighted by Gasteiger charge is -2.07. The van der Waals surface area contributed by atoms with Crippen LogP contribution in [0, 0.1) is 11.6 Å². The Balaban J connectivity index is 2.21. The average molecular weight is 301 g/mol. The van der Waals surface area contributed by atoms with Crippen LogP contribution in [0.3, 0.4) is 0 Å². The van der Waals surface area contributed by atoms with E-state index >= 15 is 0 Å². The van der Waals surface area contributed by atoms with Gasteiger partial charge in [-0.25, -0.2) is 13.8 Å². The van der Waals surface area contributed by atoms with Gasteiger partial charge in [0.15, 0.2) is 5.82 Å². The van der Waals surface area contributed by atoms with Gasteiger partial charge in [0.05, 0.1) is 0 Å². The third-order valence-corrected chi connectivity index (χ3v) is 2.41. The quantitative estimate of drug-likeness (QED) is 0.789. The molecule has 0 aliphatic carbocycles. The Hall–Kier alpha value is -1.79. The Morgan fingerprint density at radius 3 is 2.45 bits per heavy atom. The first kappa shape index (κ1) is 14.6. The zero-order valence-corrected chi connectivity index (χ0v) is 11.3. The van der Waals surface area contributed by atoms with Crippen LogP contribution >= 0.6 is 11.6 Å². The van der Waals surface area contributed by atoms with Gasteiger partial charge in [-0.2, -0.15) is 4.98 Å². The standard InChI is InChI=1S/C13H11ClF2N2O2/c1-2-19-7-12-17-11(14)6-13(18-12)20-10-4-8(15)3-9(16)5-10/h3-6H,2,7H2,1H3. The summed E-state index contributed by atoms with van der Waals surface area (Å²) in [5, 5.41) is 0.154. The maximum Gasteiger partial charge on any atom is 0.224 e. The van der Waals surface area contributed by atoms with Gasteiger partial charge in [-0.15, -0.1) is 0 Å². The van der Waals surface area contributed by atoms with Crippen molar-refractivity contribution in [1.29, 1.82) is 0 Å².